The number of hydrogen-bond donors (Lipinski definition) is 2. The predicted octanol–water partition coefficient (Wildman–Crippen LogP) is 2.99. The topological polar surface area (TPSA) is 43.1 Å². The number of aldehydes is 1. The summed E-state index contributed by atoms with van der Waals surface area (Å²) in [4.78, 5) is 10.1. The molecule has 1 rings (SSSR count). The highest BCUT2D eigenvalue weighted by Gasteiger charge is 2.02. The van der Waals surface area contributed by atoms with Gasteiger partial charge in [0, 0.05) is 17.2 Å². The molecule has 1 unspecified atom stereocenters. The minimum Gasteiger partial charge on any atom is -0.324 e. The van der Waals surface area contributed by atoms with Crippen molar-refractivity contribution < 1.29 is 4.79 Å². The zero-order valence-electron chi connectivity index (χ0n) is 10.2. The lowest BCUT2D eigenvalue weighted by molar-refractivity contribution is -0.108. The smallest absolute Gasteiger partial charge is 0.121 e. The summed E-state index contributed by atoms with van der Waals surface area (Å²) in [5, 5.41) is 0. The van der Waals surface area contributed by atoms with Gasteiger partial charge in [0.2, 0.25) is 0 Å². The van der Waals surface area contributed by atoms with Crippen LogP contribution >= 0.6 is 12.6 Å². The lowest BCUT2D eigenvalue weighted by Crippen LogP contribution is -2.09. The summed E-state index contributed by atoms with van der Waals surface area (Å²) < 4.78 is 0.194. The fourth-order valence-corrected chi connectivity index (χ4v) is 0.940. The molecule has 0 bridgehead atoms. The first-order valence-corrected chi connectivity index (χ1v) is 5.76. The number of benzene rings is 1. The molecular formula is C13H21NOS. The van der Waals surface area contributed by atoms with Gasteiger partial charge in [-0.25, -0.2) is 0 Å². The molecule has 2 N–H and O–H groups in total. The summed E-state index contributed by atoms with van der Waals surface area (Å²) in [7, 11) is 0. The van der Waals surface area contributed by atoms with Crippen molar-refractivity contribution in [2.75, 3.05) is 0 Å². The molecule has 0 aromatic heterocycles. The molecule has 0 aliphatic rings. The highest BCUT2D eigenvalue weighted by molar-refractivity contribution is 7.81. The van der Waals surface area contributed by atoms with Gasteiger partial charge in [0.25, 0.3) is 0 Å². The van der Waals surface area contributed by atoms with Gasteiger partial charge < -0.3 is 10.5 Å². The molecular weight excluding hydrogens is 218 g/mol. The maximum atomic E-state index is 10.1. The summed E-state index contributed by atoms with van der Waals surface area (Å²) in [5.41, 5.74) is 6.69. The van der Waals surface area contributed by atoms with Gasteiger partial charge in [0.1, 0.15) is 6.29 Å². The lowest BCUT2D eigenvalue weighted by atomic mass is 10.1. The van der Waals surface area contributed by atoms with Crippen LogP contribution in [0.25, 0.3) is 0 Å². The van der Waals surface area contributed by atoms with Gasteiger partial charge in [-0.1, -0.05) is 51.1 Å². The minimum absolute atomic E-state index is 0.145. The molecule has 3 heteroatoms. The highest BCUT2D eigenvalue weighted by Crippen LogP contribution is 2.10. The molecule has 1 atom stereocenters. The SMILES string of the molecule is CC(C)(C)S.NC(CC=O)c1ccccc1. The third kappa shape index (κ3) is 9.74. The molecule has 0 amide bonds. The van der Waals surface area contributed by atoms with E-state index in [1.807, 2.05) is 30.3 Å². The quantitative estimate of drug-likeness (QED) is 0.629. The molecule has 2 nitrogen and oxygen atoms in total. The Hall–Kier alpha value is -0.800. The van der Waals surface area contributed by atoms with Crippen LogP contribution in [0, 0.1) is 0 Å². The number of thiol groups is 1. The van der Waals surface area contributed by atoms with E-state index in [4.69, 9.17) is 5.73 Å². The largest absolute Gasteiger partial charge is 0.324 e. The Kier molecular flexibility index (Phi) is 7.10. The molecule has 0 radical (unpaired) electrons. The van der Waals surface area contributed by atoms with Gasteiger partial charge in [-0.05, 0) is 5.56 Å². The zero-order valence-corrected chi connectivity index (χ0v) is 11.1. The van der Waals surface area contributed by atoms with Crippen molar-refractivity contribution in [3.63, 3.8) is 0 Å². The summed E-state index contributed by atoms with van der Waals surface area (Å²) in [6.07, 6.45) is 1.24. The summed E-state index contributed by atoms with van der Waals surface area (Å²) in [6.45, 7) is 6.16. The van der Waals surface area contributed by atoms with Gasteiger partial charge in [0.05, 0.1) is 0 Å². The highest BCUT2D eigenvalue weighted by atomic mass is 32.1. The molecule has 0 saturated carbocycles. The van der Waals surface area contributed by atoms with Crippen LogP contribution in [-0.4, -0.2) is 11.0 Å². The van der Waals surface area contributed by atoms with Gasteiger partial charge >= 0.3 is 0 Å². The average molecular weight is 239 g/mol. The molecule has 1 aromatic rings. The first kappa shape index (κ1) is 15.2. The second-order valence-corrected chi connectivity index (χ2v) is 5.93. The lowest BCUT2D eigenvalue weighted by Gasteiger charge is -2.06. The third-order valence-corrected chi connectivity index (χ3v) is 1.58. The van der Waals surface area contributed by atoms with Crippen LogP contribution in [0.5, 0.6) is 0 Å². The number of carbonyl (C=O) groups excluding carboxylic acids is 1. The monoisotopic (exact) mass is 239 g/mol. The van der Waals surface area contributed by atoms with E-state index in [0.29, 0.717) is 6.42 Å². The fourth-order valence-electron chi connectivity index (χ4n) is 0.940. The van der Waals surface area contributed by atoms with E-state index < -0.39 is 0 Å². The van der Waals surface area contributed by atoms with Crippen LogP contribution in [0.15, 0.2) is 30.3 Å². The van der Waals surface area contributed by atoms with E-state index in [-0.39, 0.29) is 10.8 Å². The number of rotatable bonds is 3. The van der Waals surface area contributed by atoms with Gasteiger partial charge in [-0.15, -0.1) is 0 Å². The molecule has 1 aromatic carbocycles. The Balaban J connectivity index is 0.000000385. The van der Waals surface area contributed by atoms with Crippen LogP contribution in [0.2, 0.25) is 0 Å². The Bertz CT molecular complexity index is 287. The van der Waals surface area contributed by atoms with Crippen molar-refractivity contribution in [2.24, 2.45) is 5.73 Å². The van der Waals surface area contributed by atoms with E-state index in [9.17, 15) is 4.79 Å². The molecule has 0 aliphatic heterocycles. The van der Waals surface area contributed by atoms with Crippen molar-refractivity contribution in [3.8, 4) is 0 Å². The number of carbonyl (C=O) groups is 1. The Morgan fingerprint density at radius 2 is 1.75 bits per heavy atom. The maximum Gasteiger partial charge on any atom is 0.121 e. The van der Waals surface area contributed by atoms with Gasteiger partial charge in [0.15, 0.2) is 0 Å². The van der Waals surface area contributed by atoms with E-state index in [1.165, 1.54) is 0 Å². The zero-order chi connectivity index (χ0) is 12.6. The predicted molar refractivity (Wildman–Crippen MR) is 72.8 cm³/mol. The van der Waals surface area contributed by atoms with Crippen molar-refractivity contribution >= 4 is 18.9 Å². The van der Waals surface area contributed by atoms with Gasteiger partial charge in [-0.3, -0.25) is 0 Å². The van der Waals surface area contributed by atoms with Crippen molar-refractivity contribution in [3.05, 3.63) is 35.9 Å². The Labute approximate surface area is 104 Å². The molecule has 0 heterocycles. The van der Waals surface area contributed by atoms with Crippen molar-refractivity contribution in [1.82, 2.24) is 0 Å². The second-order valence-electron chi connectivity index (χ2n) is 4.59. The Morgan fingerprint density at radius 1 is 1.31 bits per heavy atom. The number of hydrogen-bond acceptors (Lipinski definition) is 3. The molecule has 0 aliphatic carbocycles. The van der Waals surface area contributed by atoms with Crippen LogP contribution in [-0.2, 0) is 4.79 Å². The molecule has 90 valence electrons. The summed E-state index contributed by atoms with van der Waals surface area (Å²) >= 11 is 4.12. The molecule has 0 saturated heterocycles. The molecule has 0 spiro atoms. The van der Waals surface area contributed by atoms with E-state index >= 15 is 0 Å². The van der Waals surface area contributed by atoms with E-state index in [2.05, 4.69) is 33.4 Å². The van der Waals surface area contributed by atoms with Crippen LogP contribution in [0.1, 0.15) is 38.8 Å². The van der Waals surface area contributed by atoms with Crippen molar-refractivity contribution in [1.29, 1.82) is 0 Å². The van der Waals surface area contributed by atoms with Crippen LogP contribution in [0.4, 0.5) is 0 Å². The average Bonchev–Trinajstić information content (AvgIpc) is 2.17. The number of nitrogens with two attached hydrogens (primary N) is 1. The minimum atomic E-state index is -0.145. The first-order chi connectivity index (χ1) is 7.34. The molecule has 0 fully saturated rings. The Morgan fingerprint density at radius 3 is 2.12 bits per heavy atom. The van der Waals surface area contributed by atoms with Crippen LogP contribution in [0.3, 0.4) is 0 Å². The standard InChI is InChI=1S/C9H11NO.C4H10S/c10-9(6-7-11)8-4-2-1-3-5-8;1-4(2,3)5/h1-5,7,9H,6,10H2;5H,1-3H3. The summed E-state index contributed by atoms with van der Waals surface area (Å²) in [6, 6.07) is 9.47. The third-order valence-electron chi connectivity index (χ3n) is 1.58. The van der Waals surface area contributed by atoms with Crippen LogP contribution < -0.4 is 5.73 Å². The van der Waals surface area contributed by atoms with Gasteiger partial charge in [-0.2, -0.15) is 12.6 Å². The second kappa shape index (κ2) is 7.47. The van der Waals surface area contributed by atoms with Crippen molar-refractivity contribution in [2.45, 2.75) is 38.0 Å². The van der Waals surface area contributed by atoms with E-state index in [1.54, 1.807) is 0 Å². The maximum absolute atomic E-state index is 10.1. The molecule has 16 heavy (non-hydrogen) atoms. The van der Waals surface area contributed by atoms with E-state index in [0.717, 1.165) is 11.8 Å². The first-order valence-electron chi connectivity index (χ1n) is 5.31. The fraction of sp³-hybridized carbons (Fsp3) is 0.462. The summed E-state index contributed by atoms with van der Waals surface area (Å²) in [5.74, 6) is 0. The normalized spacial score (nSPS) is 12.3.